The van der Waals surface area contributed by atoms with Crippen molar-refractivity contribution in [3.63, 3.8) is 0 Å². The monoisotopic (exact) mass is 185 g/mol. The third kappa shape index (κ3) is 2.80. The van der Waals surface area contributed by atoms with Crippen LogP contribution in [0.15, 0.2) is 24.3 Å². The number of halogens is 1. The van der Waals surface area contributed by atoms with Crippen LogP contribution in [0.3, 0.4) is 0 Å². The first kappa shape index (κ1) is 8.87. The van der Waals surface area contributed by atoms with Gasteiger partial charge in [0.15, 0.2) is 5.75 Å². The first-order valence-electron chi connectivity index (χ1n) is 3.37. The molecule has 0 heterocycles. The highest BCUT2D eigenvalue weighted by atomic mass is 35.5. The van der Waals surface area contributed by atoms with Crippen molar-refractivity contribution in [1.29, 1.82) is 0 Å². The molecule has 1 aromatic rings. The van der Waals surface area contributed by atoms with Crippen LogP contribution in [0.25, 0.3) is 0 Å². The molecular weight excluding hydrogens is 178 g/mol. The van der Waals surface area contributed by atoms with Crippen LogP contribution < -0.4 is 10.3 Å². The summed E-state index contributed by atoms with van der Waals surface area (Å²) >= 11 is 5.63. The number of hydrogen-bond acceptors (Lipinski definition) is 2. The molecule has 12 heavy (non-hydrogen) atoms. The van der Waals surface area contributed by atoms with Gasteiger partial charge in [-0.15, -0.1) is 0 Å². The minimum absolute atomic E-state index is 0.245. The Labute approximate surface area is 75.2 Å². The van der Waals surface area contributed by atoms with Crippen molar-refractivity contribution >= 4 is 17.5 Å². The minimum atomic E-state index is -0.245. The molecule has 3 nitrogen and oxygen atoms in total. The third-order valence-electron chi connectivity index (χ3n) is 1.13. The standard InChI is InChI=1S/C8H8ClNO2/c1-6(11)10-12-8-4-2-7(9)3-5-8/h2-5H,1H3,(H,10,11). The van der Waals surface area contributed by atoms with Crippen molar-refractivity contribution in [2.45, 2.75) is 6.92 Å². The van der Waals surface area contributed by atoms with Gasteiger partial charge >= 0.3 is 0 Å². The van der Waals surface area contributed by atoms with E-state index in [0.29, 0.717) is 10.8 Å². The molecule has 0 unspecified atom stereocenters. The smallest absolute Gasteiger partial charge is 0.249 e. The molecule has 0 aliphatic rings. The molecule has 64 valence electrons. The Kier molecular flexibility index (Phi) is 2.94. The molecule has 0 fully saturated rings. The Morgan fingerprint density at radius 1 is 1.42 bits per heavy atom. The summed E-state index contributed by atoms with van der Waals surface area (Å²) in [7, 11) is 0. The molecule has 0 atom stereocenters. The largest absolute Gasteiger partial charge is 0.380 e. The van der Waals surface area contributed by atoms with Gasteiger partial charge in [0.2, 0.25) is 5.91 Å². The van der Waals surface area contributed by atoms with E-state index in [-0.39, 0.29) is 5.91 Å². The molecule has 0 bridgehead atoms. The zero-order valence-corrected chi connectivity index (χ0v) is 7.26. The number of benzene rings is 1. The lowest BCUT2D eigenvalue weighted by molar-refractivity contribution is -0.125. The van der Waals surface area contributed by atoms with Gasteiger partial charge in [-0.2, -0.15) is 5.48 Å². The average molecular weight is 186 g/mol. The zero-order chi connectivity index (χ0) is 8.97. The number of hydrogen-bond donors (Lipinski definition) is 1. The second-order valence-electron chi connectivity index (χ2n) is 2.21. The van der Waals surface area contributed by atoms with E-state index in [1.54, 1.807) is 24.3 Å². The van der Waals surface area contributed by atoms with Crippen molar-refractivity contribution in [1.82, 2.24) is 5.48 Å². The van der Waals surface area contributed by atoms with Crippen LogP contribution in [0, 0.1) is 0 Å². The number of hydroxylamine groups is 1. The Hall–Kier alpha value is -1.22. The molecule has 0 saturated heterocycles. The van der Waals surface area contributed by atoms with Gasteiger partial charge in [-0.3, -0.25) is 4.79 Å². The van der Waals surface area contributed by atoms with E-state index in [1.165, 1.54) is 6.92 Å². The van der Waals surface area contributed by atoms with E-state index < -0.39 is 0 Å². The fourth-order valence-electron chi connectivity index (χ4n) is 0.633. The van der Waals surface area contributed by atoms with E-state index in [1.807, 2.05) is 0 Å². The van der Waals surface area contributed by atoms with Gasteiger partial charge in [0.05, 0.1) is 0 Å². The van der Waals surface area contributed by atoms with E-state index in [4.69, 9.17) is 16.4 Å². The third-order valence-corrected chi connectivity index (χ3v) is 1.38. The van der Waals surface area contributed by atoms with Crippen molar-refractivity contribution in [3.8, 4) is 5.75 Å². The maximum absolute atomic E-state index is 10.4. The van der Waals surface area contributed by atoms with Crippen molar-refractivity contribution in [2.75, 3.05) is 0 Å². The highest BCUT2D eigenvalue weighted by Gasteiger charge is 1.94. The average Bonchev–Trinajstić information content (AvgIpc) is 2.03. The van der Waals surface area contributed by atoms with Gasteiger partial charge in [0.1, 0.15) is 0 Å². The minimum Gasteiger partial charge on any atom is -0.380 e. The number of carbonyl (C=O) groups excluding carboxylic acids is 1. The first-order valence-corrected chi connectivity index (χ1v) is 3.75. The molecule has 1 aromatic carbocycles. The second kappa shape index (κ2) is 3.97. The second-order valence-corrected chi connectivity index (χ2v) is 2.65. The molecule has 0 radical (unpaired) electrons. The maximum atomic E-state index is 10.4. The lowest BCUT2D eigenvalue weighted by Crippen LogP contribution is -2.23. The number of rotatable bonds is 2. The van der Waals surface area contributed by atoms with Crippen LogP contribution in [0.4, 0.5) is 0 Å². The van der Waals surface area contributed by atoms with Crippen LogP contribution in [0.1, 0.15) is 6.92 Å². The SMILES string of the molecule is CC(=O)NOc1ccc(Cl)cc1. The molecule has 1 rings (SSSR count). The molecule has 0 aliphatic heterocycles. The first-order chi connectivity index (χ1) is 5.68. The number of nitrogens with one attached hydrogen (secondary N) is 1. The molecule has 1 N–H and O–H groups in total. The Morgan fingerprint density at radius 3 is 2.50 bits per heavy atom. The van der Waals surface area contributed by atoms with Gasteiger partial charge in [0.25, 0.3) is 0 Å². The Morgan fingerprint density at radius 2 is 2.00 bits per heavy atom. The maximum Gasteiger partial charge on any atom is 0.249 e. The molecule has 0 aromatic heterocycles. The van der Waals surface area contributed by atoms with Gasteiger partial charge in [0, 0.05) is 11.9 Å². The van der Waals surface area contributed by atoms with Gasteiger partial charge < -0.3 is 4.84 Å². The summed E-state index contributed by atoms with van der Waals surface area (Å²) in [4.78, 5) is 15.3. The zero-order valence-electron chi connectivity index (χ0n) is 6.50. The van der Waals surface area contributed by atoms with Crippen LogP contribution in [-0.2, 0) is 4.79 Å². The van der Waals surface area contributed by atoms with Crippen LogP contribution in [0.5, 0.6) is 5.75 Å². The highest BCUT2D eigenvalue weighted by Crippen LogP contribution is 2.14. The summed E-state index contributed by atoms with van der Waals surface area (Å²) in [6, 6.07) is 6.69. The number of carbonyl (C=O) groups is 1. The van der Waals surface area contributed by atoms with Crippen LogP contribution in [-0.4, -0.2) is 5.91 Å². The van der Waals surface area contributed by atoms with Gasteiger partial charge in [-0.25, -0.2) is 0 Å². The fraction of sp³-hybridized carbons (Fsp3) is 0.125. The summed E-state index contributed by atoms with van der Waals surface area (Å²) < 4.78 is 0. The molecule has 0 saturated carbocycles. The highest BCUT2D eigenvalue weighted by molar-refractivity contribution is 6.30. The van der Waals surface area contributed by atoms with E-state index in [0.717, 1.165) is 0 Å². The van der Waals surface area contributed by atoms with E-state index >= 15 is 0 Å². The summed E-state index contributed by atoms with van der Waals surface area (Å²) in [5.74, 6) is 0.305. The molecule has 1 amide bonds. The van der Waals surface area contributed by atoms with Crippen molar-refractivity contribution < 1.29 is 9.63 Å². The summed E-state index contributed by atoms with van der Waals surface area (Å²) in [6.07, 6.45) is 0. The predicted octanol–water partition coefficient (Wildman–Crippen LogP) is 1.77. The van der Waals surface area contributed by atoms with Crippen molar-refractivity contribution in [3.05, 3.63) is 29.3 Å². The number of amides is 1. The van der Waals surface area contributed by atoms with Crippen LogP contribution >= 0.6 is 11.6 Å². The summed E-state index contributed by atoms with van der Waals surface area (Å²) in [6.45, 7) is 1.37. The van der Waals surface area contributed by atoms with Gasteiger partial charge in [-0.05, 0) is 24.3 Å². The Balaban J connectivity index is 2.53. The Bertz CT molecular complexity index is 271. The van der Waals surface area contributed by atoms with Crippen LogP contribution in [0.2, 0.25) is 5.02 Å². The fourth-order valence-corrected chi connectivity index (χ4v) is 0.759. The van der Waals surface area contributed by atoms with E-state index in [2.05, 4.69) is 5.48 Å². The topological polar surface area (TPSA) is 38.3 Å². The van der Waals surface area contributed by atoms with Gasteiger partial charge in [-0.1, -0.05) is 11.6 Å². The lowest BCUT2D eigenvalue weighted by Gasteiger charge is -2.03. The lowest BCUT2D eigenvalue weighted by atomic mass is 10.3. The molecule has 0 spiro atoms. The summed E-state index contributed by atoms with van der Waals surface area (Å²) in [5.41, 5.74) is 2.20. The normalized spacial score (nSPS) is 9.17. The van der Waals surface area contributed by atoms with Crippen molar-refractivity contribution in [2.24, 2.45) is 0 Å². The quantitative estimate of drug-likeness (QED) is 0.714. The van der Waals surface area contributed by atoms with E-state index in [9.17, 15) is 4.79 Å². The molecular formula is C8H8ClNO2. The molecule has 0 aliphatic carbocycles. The predicted molar refractivity (Wildman–Crippen MR) is 45.9 cm³/mol. The summed E-state index contributed by atoms with van der Waals surface area (Å²) in [5, 5.41) is 0.630. The molecule has 4 heteroatoms.